The second kappa shape index (κ2) is 4.63. The lowest BCUT2D eigenvalue weighted by molar-refractivity contribution is -0.289. The standard InChI is InChI=1S/C12H12F5/c1-8(2)7-9-5-3-4-6-10(9)11(13,14)12(15,16)17/h3-8H,1-2H3. The SMILES string of the molecule is CC(C)[CH]c1ccccc1C(F)(F)C(F)(F)F. The van der Waals surface area contributed by atoms with Crippen LogP contribution in [-0.2, 0) is 5.92 Å². The van der Waals surface area contributed by atoms with Crippen LogP contribution in [0.4, 0.5) is 22.0 Å². The van der Waals surface area contributed by atoms with Crippen molar-refractivity contribution in [3.05, 3.63) is 41.8 Å². The molecular formula is C12H12F5. The van der Waals surface area contributed by atoms with E-state index < -0.39 is 17.7 Å². The molecule has 0 N–H and O–H groups in total. The molecule has 0 bridgehead atoms. The van der Waals surface area contributed by atoms with Gasteiger partial charge < -0.3 is 0 Å². The van der Waals surface area contributed by atoms with Crippen molar-refractivity contribution in [2.24, 2.45) is 5.92 Å². The molecule has 17 heavy (non-hydrogen) atoms. The van der Waals surface area contributed by atoms with Gasteiger partial charge in [0.15, 0.2) is 0 Å². The Balaban J connectivity index is 3.22. The van der Waals surface area contributed by atoms with E-state index in [1.807, 2.05) is 0 Å². The predicted molar refractivity (Wildman–Crippen MR) is 54.6 cm³/mol. The normalized spacial score (nSPS) is 13.2. The zero-order valence-electron chi connectivity index (χ0n) is 9.35. The Labute approximate surface area is 96.4 Å². The van der Waals surface area contributed by atoms with Crippen LogP contribution in [0.25, 0.3) is 0 Å². The van der Waals surface area contributed by atoms with Crippen LogP contribution >= 0.6 is 0 Å². The number of alkyl halides is 5. The van der Waals surface area contributed by atoms with Gasteiger partial charge in [0.05, 0.1) is 0 Å². The topological polar surface area (TPSA) is 0 Å². The molecule has 0 saturated heterocycles. The fraction of sp³-hybridized carbons (Fsp3) is 0.417. The maximum atomic E-state index is 13.2. The predicted octanol–water partition coefficient (Wildman–Crippen LogP) is 4.55. The van der Waals surface area contributed by atoms with Crippen molar-refractivity contribution in [2.45, 2.75) is 25.9 Å². The average molecular weight is 251 g/mol. The summed E-state index contributed by atoms with van der Waals surface area (Å²) in [6.45, 7) is 3.42. The average Bonchev–Trinajstić information content (AvgIpc) is 2.15. The third-order valence-electron chi connectivity index (χ3n) is 2.17. The lowest BCUT2D eigenvalue weighted by Crippen LogP contribution is -2.34. The summed E-state index contributed by atoms with van der Waals surface area (Å²) in [5, 5.41) is 0. The van der Waals surface area contributed by atoms with Gasteiger partial charge in [-0.05, 0) is 17.9 Å². The fourth-order valence-electron chi connectivity index (χ4n) is 1.44. The van der Waals surface area contributed by atoms with Gasteiger partial charge in [0.2, 0.25) is 0 Å². The monoisotopic (exact) mass is 251 g/mol. The van der Waals surface area contributed by atoms with E-state index in [1.54, 1.807) is 13.8 Å². The maximum Gasteiger partial charge on any atom is 0.458 e. The van der Waals surface area contributed by atoms with E-state index in [9.17, 15) is 22.0 Å². The van der Waals surface area contributed by atoms with Crippen LogP contribution in [0.5, 0.6) is 0 Å². The van der Waals surface area contributed by atoms with Crippen LogP contribution in [0.1, 0.15) is 25.0 Å². The molecule has 0 heterocycles. The molecule has 0 amide bonds. The summed E-state index contributed by atoms with van der Waals surface area (Å²) in [5.74, 6) is -4.94. The van der Waals surface area contributed by atoms with Crippen LogP contribution in [0.15, 0.2) is 24.3 Å². The fourth-order valence-corrected chi connectivity index (χ4v) is 1.44. The molecule has 1 radical (unpaired) electrons. The molecule has 1 aromatic rings. The second-order valence-corrected chi connectivity index (χ2v) is 4.07. The quantitative estimate of drug-likeness (QED) is 0.691. The first kappa shape index (κ1) is 13.9. The van der Waals surface area contributed by atoms with E-state index in [2.05, 4.69) is 0 Å². The van der Waals surface area contributed by atoms with E-state index in [-0.39, 0.29) is 11.5 Å². The van der Waals surface area contributed by atoms with Crippen LogP contribution in [-0.4, -0.2) is 6.18 Å². The Hall–Kier alpha value is -1.13. The van der Waals surface area contributed by atoms with E-state index in [0.717, 1.165) is 6.07 Å². The van der Waals surface area contributed by atoms with Crippen LogP contribution in [0, 0.1) is 12.3 Å². The summed E-state index contributed by atoms with van der Waals surface area (Å²) in [7, 11) is 0. The van der Waals surface area contributed by atoms with Crippen molar-refractivity contribution in [1.29, 1.82) is 0 Å². The summed E-state index contributed by atoms with van der Waals surface area (Å²) in [6.07, 6.45) is -4.19. The third kappa shape index (κ3) is 2.96. The number of hydrogen-bond acceptors (Lipinski definition) is 0. The Kier molecular flexibility index (Phi) is 3.79. The minimum Gasteiger partial charge on any atom is -0.191 e. The first-order chi connectivity index (χ1) is 7.66. The van der Waals surface area contributed by atoms with Crippen LogP contribution in [0.2, 0.25) is 0 Å². The lowest BCUT2D eigenvalue weighted by atomic mass is 9.94. The number of halogens is 5. The Morgan fingerprint density at radius 3 is 2.00 bits per heavy atom. The highest BCUT2D eigenvalue weighted by Gasteiger charge is 2.59. The third-order valence-corrected chi connectivity index (χ3v) is 2.17. The molecule has 5 heteroatoms. The molecule has 0 unspecified atom stereocenters. The molecule has 0 atom stereocenters. The molecule has 1 rings (SSSR count). The van der Waals surface area contributed by atoms with Crippen molar-refractivity contribution >= 4 is 0 Å². The molecule has 0 aliphatic rings. The minimum absolute atomic E-state index is 0.0789. The molecule has 0 nitrogen and oxygen atoms in total. The van der Waals surface area contributed by atoms with Gasteiger partial charge in [-0.1, -0.05) is 38.1 Å². The highest BCUT2D eigenvalue weighted by atomic mass is 19.4. The minimum atomic E-state index is -5.58. The second-order valence-electron chi connectivity index (χ2n) is 4.07. The molecule has 0 saturated carbocycles. The summed E-state index contributed by atoms with van der Waals surface area (Å²) in [4.78, 5) is 0. The van der Waals surface area contributed by atoms with Gasteiger partial charge in [0.1, 0.15) is 0 Å². The van der Waals surface area contributed by atoms with Gasteiger partial charge in [-0.2, -0.15) is 22.0 Å². The van der Waals surface area contributed by atoms with E-state index >= 15 is 0 Å². The van der Waals surface area contributed by atoms with Crippen molar-refractivity contribution < 1.29 is 22.0 Å². The first-order valence-electron chi connectivity index (χ1n) is 5.05. The summed E-state index contributed by atoms with van der Waals surface area (Å²) in [6, 6.07) is 4.67. The smallest absolute Gasteiger partial charge is 0.191 e. The molecule has 95 valence electrons. The van der Waals surface area contributed by atoms with Gasteiger partial charge >= 0.3 is 12.1 Å². The Bertz CT molecular complexity index is 379. The molecule has 0 spiro atoms. The maximum absolute atomic E-state index is 13.2. The van der Waals surface area contributed by atoms with Crippen molar-refractivity contribution in [2.75, 3.05) is 0 Å². The number of benzene rings is 1. The van der Waals surface area contributed by atoms with Crippen molar-refractivity contribution in [3.63, 3.8) is 0 Å². The highest BCUT2D eigenvalue weighted by Crippen LogP contribution is 2.45. The largest absolute Gasteiger partial charge is 0.458 e. The van der Waals surface area contributed by atoms with Crippen molar-refractivity contribution in [1.82, 2.24) is 0 Å². The highest BCUT2D eigenvalue weighted by molar-refractivity contribution is 5.37. The molecule has 0 aromatic heterocycles. The van der Waals surface area contributed by atoms with Crippen molar-refractivity contribution in [3.8, 4) is 0 Å². The van der Waals surface area contributed by atoms with Crippen LogP contribution < -0.4 is 0 Å². The summed E-state index contributed by atoms with van der Waals surface area (Å²) in [5.41, 5.74) is -1.08. The summed E-state index contributed by atoms with van der Waals surface area (Å²) >= 11 is 0. The lowest BCUT2D eigenvalue weighted by Gasteiger charge is -2.22. The van der Waals surface area contributed by atoms with Gasteiger partial charge in [-0.15, -0.1) is 0 Å². The number of hydrogen-bond donors (Lipinski definition) is 0. The van der Waals surface area contributed by atoms with E-state index in [0.29, 0.717) is 0 Å². The molecule has 1 aromatic carbocycles. The summed E-state index contributed by atoms with van der Waals surface area (Å²) < 4.78 is 63.3. The van der Waals surface area contributed by atoms with Crippen LogP contribution in [0.3, 0.4) is 0 Å². The van der Waals surface area contributed by atoms with E-state index in [4.69, 9.17) is 0 Å². The van der Waals surface area contributed by atoms with E-state index in [1.165, 1.54) is 24.6 Å². The van der Waals surface area contributed by atoms with Gasteiger partial charge in [-0.25, -0.2) is 0 Å². The number of rotatable bonds is 3. The Morgan fingerprint density at radius 2 is 1.53 bits per heavy atom. The molecule has 0 fully saturated rings. The molecule has 0 aliphatic carbocycles. The molecule has 0 aliphatic heterocycles. The zero-order valence-corrected chi connectivity index (χ0v) is 9.35. The Morgan fingerprint density at radius 1 is 1.00 bits per heavy atom. The van der Waals surface area contributed by atoms with Gasteiger partial charge in [0, 0.05) is 5.56 Å². The molecular weight excluding hydrogens is 239 g/mol. The van der Waals surface area contributed by atoms with Gasteiger partial charge in [-0.3, -0.25) is 0 Å². The first-order valence-corrected chi connectivity index (χ1v) is 5.05. The zero-order chi connectivity index (χ0) is 13.3. The van der Waals surface area contributed by atoms with Gasteiger partial charge in [0.25, 0.3) is 0 Å².